The highest BCUT2D eigenvalue weighted by molar-refractivity contribution is 4.94. The maximum atomic E-state index is 3.84. The molecule has 1 rings (SSSR count). The second-order valence-electron chi connectivity index (χ2n) is 2.63. The molecule has 0 aliphatic carbocycles. The average Bonchev–Trinajstić information content (AvgIpc) is 1.77. The van der Waals surface area contributed by atoms with Crippen molar-refractivity contribution in [2.45, 2.75) is 19.8 Å². The van der Waals surface area contributed by atoms with Gasteiger partial charge in [0.15, 0.2) is 0 Å². The van der Waals surface area contributed by atoms with Crippen molar-refractivity contribution in [1.29, 1.82) is 0 Å². The molecule has 0 aromatic carbocycles. The third-order valence-electron chi connectivity index (χ3n) is 1.64. The minimum Gasteiger partial charge on any atom is -0.389 e. The molecule has 1 saturated heterocycles. The van der Waals surface area contributed by atoms with Gasteiger partial charge >= 0.3 is 0 Å². The van der Waals surface area contributed by atoms with Crippen LogP contribution in [0.1, 0.15) is 19.8 Å². The van der Waals surface area contributed by atoms with Crippen LogP contribution in [0.3, 0.4) is 0 Å². The topological polar surface area (TPSA) is 12.0 Å². The lowest BCUT2D eigenvalue weighted by molar-refractivity contribution is 0.449. The molecule has 1 N–H and O–H groups in total. The molecule has 0 aromatic heterocycles. The summed E-state index contributed by atoms with van der Waals surface area (Å²) in [6.45, 7) is 7.22. The van der Waals surface area contributed by atoms with Gasteiger partial charge in [-0.2, -0.15) is 0 Å². The Morgan fingerprint density at radius 3 is 2.88 bits per heavy atom. The summed E-state index contributed by atoms with van der Waals surface area (Å²) in [6.07, 6.45) is 2.48. The molecule has 0 spiro atoms. The highest BCUT2D eigenvalue weighted by atomic mass is 14.9. The Labute approximate surface area is 50.8 Å². The highest BCUT2D eigenvalue weighted by Gasteiger charge is 2.08. The van der Waals surface area contributed by atoms with E-state index in [1.807, 2.05) is 0 Å². The Hall–Kier alpha value is -0.460. The summed E-state index contributed by atoms with van der Waals surface area (Å²) in [6, 6.07) is 0. The van der Waals surface area contributed by atoms with Crippen molar-refractivity contribution in [1.82, 2.24) is 5.32 Å². The second kappa shape index (κ2) is 2.21. The minimum absolute atomic E-state index is 0.848. The molecule has 1 aliphatic heterocycles. The Kier molecular flexibility index (Phi) is 1.56. The van der Waals surface area contributed by atoms with E-state index in [1.165, 1.54) is 18.5 Å². The van der Waals surface area contributed by atoms with Crippen LogP contribution in [0.5, 0.6) is 0 Å². The zero-order valence-corrected chi connectivity index (χ0v) is 5.41. The summed E-state index contributed by atoms with van der Waals surface area (Å²) in [4.78, 5) is 0. The van der Waals surface area contributed by atoms with E-state index in [1.54, 1.807) is 0 Å². The lowest BCUT2D eigenvalue weighted by Gasteiger charge is -2.21. The predicted octanol–water partition coefficient (Wildman–Crippen LogP) is 1.52. The van der Waals surface area contributed by atoms with E-state index in [-0.39, 0.29) is 0 Å². The Morgan fingerprint density at radius 2 is 2.50 bits per heavy atom. The number of hydrogen-bond donors (Lipinski definition) is 1. The smallest absolute Gasteiger partial charge is 0.0169 e. The van der Waals surface area contributed by atoms with Gasteiger partial charge < -0.3 is 5.32 Å². The maximum Gasteiger partial charge on any atom is 0.0169 e. The first kappa shape index (κ1) is 5.67. The van der Waals surface area contributed by atoms with Crippen molar-refractivity contribution in [2.24, 2.45) is 5.92 Å². The van der Waals surface area contributed by atoms with Gasteiger partial charge in [-0.1, -0.05) is 13.5 Å². The quantitative estimate of drug-likeness (QED) is 0.499. The molecular formula is C7H13N. The van der Waals surface area contributed by atoms with Gasteiger partial charge in [0.25, 0.3) is 0 Å². The molecule has 0 saturated carbocycles. The van der Waals surface area contributed by atoms with Gasteiger partial charge in [-0.05, 0) is 18.8 Å². The molecule has 1 unspecified atom stereocenters. The molecule has 0 amide bonds. The maximum absolute atomic E-state index is 3.84. The van der Waals surface area contributed by atoms with Gasteiger partial charge in [0, 0.05) is 12.2 Å². The van der Waals surface area contributed by atoms with Crippen LogP contribution in [0.2, 0.25) is 0 Å². The molecule has 1 aliphatic rings. The van der Waals surface area contributed by atoms with Crippen molar-refractivity contribution in [3.05, 3.63) is 12.3 Å². The first-order valence-corrected chi connectivity index (χ1v) is 3.20. The van der Waals surface area contributed by atoms with E-state index >= 15 is 0 Å². The molecule has 1 heteroatoms. The van der Waals surface area contributed by atoms with Gasteiger partial charge in [-0.15, -0.1) is 0 Å². The predicted molar refractivity (Wildman–Crippen MR) is 35.5 cm³/mol. The molecule has 8 heavy (non-hydrogen) atoms. The minimum atomic E-state index is 0.848. The fourth-order valence-corrected chi connectivity index (χ4v) is 0.930. The molecule has 0 bridgehead atoms. The second-order valence-corrected chi connectivity index (χ2v) is 2.63. The summed E-state index contributed by atoms with van der Waals surface area (Å²) in [5.41, 5.74) is 1.21. The van der Waals surface area contributed by atoms with Gasteiger partial charge in [-0.3, -0.25) is 0 Å². The summed E-state index contributed by atoms with van der Waals surface area (Å²) in [5, 5.41) is 3.24. The van der Waals surface area contributed by atoms with E-state index in [2.05, 4.69) is 18.8 Å². The molecule has 1 fully saturated rings. The molecule has 46 valence electrons. The SMILES string of the molecule is C=C1CCC(C)CN1. The molecule has 0 radical (unpaired) electrons. The normalized spacial score (nSPS) is 29.6. The number of piperidine rings is 1. The van der Waals surface area contributed by atoms with Crippen LogP contribution >= 0.6 is 0 Å². The van der Waals surface area contributed by atoms with E-state index in [0.717, 1.165) is 12.5 Å². The van der Waals surface area contributed by atoms with Gasteiger partial charge in [-0.25, -0.2) is 0 Å². The standard InChI is InChI=1S/C7H13N/c1-6-3-4-7(2)8-5-6/h6,8H,2-5H2,1H3. The summed E-state index contributed by atoms with van der Waals surface area (Å²) in [5.74, 6) is 0.848. The van der Waals surface area contributed by atoms with Crippen LogP contribution in [0.4, 0.5) is 0 Å². The summed E-state index contributed by atoms with van der Waals surface area (Å²) in [7, 11) is 0. The van der Waals surface area contributed by atoms with Crippen LogP contribution in [0, 0.1) is 5.92 Å². The fourth-order valence-electron chi connectivity index (χ4n) is 0.930. The zero-order chi connectivity index (χ0) is 5.98. The zero-order valence-electron chi connectivity index (χ0n) is 5.41. The largest absolute Gasteiger partial charge is 0.389 e. The van der Waals surface area contributed by atoms with Gasteiger partial charge in [0.2, 0.25) is 0 Å². The van der Waals surface area contributed by atoms with E-state index in [9.17, 15) is 0 Å². The average molecular weight is 111 g/mol. The monoisotopic (exact) mass is 111 g/mol. The lowest BCUT2D eigenvalue weighted by atomic mass is 10.0. The van der Waals surface area contributed by atoms with Crippen LogP contribution in [0.25, 0.3) is 0 Å². The Balaban J connectivity index is 2.29. The highest BCUT2D eigenvalue weighted by Crippen LogP contribution is 2.13. The molecule has 1 heterocycles. The first-order chi connectivity index (χ1) is 3.79. The van der Waals surface area contributed by atoms with Crippen molar-refractivity contribution >= 4 is 0 Å². The van der Waals surface area contributed by atoms with Crippen LogP contribution in [0.15, 0.2) is 12.3 Å². The van der Waals surface area contributed by atoms with Crippen molar-refractivity contribution in [3.8, 4) is 0 Å². The number of allylic oxidation sites excluding steroid dienone is 1. The van der Waals surface area contributed by atoms with E-state index in [0.29, 0.717) is 0 Å². The molecule has 0 aromatic rings. The number of rotatable bonds is 0. The number of nitrogens with one attached hydrogen (secondary N) is 1. The number of hydrogen-bond acceptors (Lipinski definition) is 1. The fraction of sp³-hybridized carbons (Fsp3) is 0.714. The van der Waals surface area contributed by atoms with E-state index < -0.39 is 0 Å². The lowest BCUT2D eigenvalue weighted by Crippen LogP contribution is -2.25. The van der Waals surface area contributed by atoms with Crippen molar-refractivity contribution in [3.63, 3.8) is 0 Å². The third kappa shape index (κ3) is 1.25. The van der Waals surface area contributed by atoms with Crippen LogP contribution in [-0.2, 0) is 0 Å². The van der Waals surface area contributed by atoms with Crippen LogP contribution in [-0.4, -0.2) is 6.54 Å². The van der Waals surface area contributed by atoms with Crippen LogP contribution < -0.4 is 5.32 Å². The third-order valence-corrected chi connectivity index (χ3v) is 1.64. The first-order valence-electron chi connectivity index (χ1n) is 3.20. The Morgan fingerprint density at radius 1 is 1.75 bits per heavy atom. The van der Waals surface area contributed by atoms with Crippen molar-refractivity contribution < 1.29 is 0 Å². The van der Waals surface area contributed by atoms with E-state index in [4.69, 9.17) is 0 Å². The van der Waals surface area contributed by atoms with Crippen molar-refractivity contribution in [2.75, 3.05) is 6.54 Å². The summed E-state index contributed by atoms with van der Waals surface area (Å²) >= 11 is 0. The Bertz CT molecular complexity index is 86.6. The molecule has 1 nitrogen and oxygen atoms in total. The molecule has 1 atom stereocenters. The summed E-state index contributed by atoms with van der Waals surface area (Å²) < 4.78 is 0. The van der Waals surface area contributed by atoms with Gasteiger partial charge in [0.05, 0.1) is 0 Å². The van der Waals surface area contributed by atoms with Gasteiger partial charge in [0.1, 0.15) is 0 Å². The molecular weight excluding hydrogens is 98.1 g/mol.